The minimum absolute atomic E-state index is 0.527. The van der Waals surface area contributed by atoms with Gasteiger partial charge >= 0.3 is 0 Å². The predicted molar refractivity (Wildman–Crippen MR) is 83.6 cm³/mol. The Balaban J connectivity index is 2.82. The highest BCUT2D eigenvalue weighted by Gasteiger charge is 2.13. The number of aromatic nitrogens is 1. The highest BCUT2D eigenvalue weighted by molar-refractivity contribution is 5.52. The second-order valence-electron chi connectivity index (χ2n) is 5.28. The van der Waals surface area contributed by atoms with E-state index in [4.69, 9.17) is 0 Å². The smallest absolute Gasteiger partial charge is 0.0445 e. The minimum Gasteiger partial charge on any atom is -0.369 e. The van der Waals surface area contributed by atoms with Crippen LogP contribution in [0.25, 0.3) is 0 Å². The van der Waals surface area contributed by atoms with Crippen LogP contribution in [0.3, 0.4) is 0 Å². The summed E-state index contributed by atoms with van der Waals surface area (Å²) >= 11 is 0. The van der Waals surface area contributed by atoms with Crippen LogP contribution in [0.5, 0.6) is 0 Å². The third-order valence-corrected chi connectivity index (χ3v) is 3.38. The Labute approximate surface area is 118 Å². The average molecular weight is 263 g/mol. The maximum absolute atomic E-state index is 4.27. The molecule has 108 valence electrons. The van der Waals surface area contributed by atoms with Crippen molar-refractivity contribution in [2.45, 2.75) is 59.5 Å². The summed E-state index contributed by atoms with van der Waals surface area (Å²) in [5.41, 5.74) is 2.64. The molecule has 0 aliphatic rings. The summed E-state index contributed by atoms with van der Waals surface area (Å²) in [6.45, 7) is 11.9. The molecule has 0 spiro atoms. The lowest BCUT2D eigenvalue weighted by molar-refractivity contribution is 0.620. The van der Waals surface area contributed by atoms with E-state index in [-0.39, 0.29) is 0 Å². The zero-order valence-electron chi connectivity index (χ0n) is 12.9. The van der Waals surface area contributed by atoms with Crippen molar-refractivity contribution in [3.05, 3.63) is 24.0 Å². The maximum atomic E-state index is 4.27. The number of hydrogen-bond donors (Lipinski definition) is 1. The van der Waals surface area contributed by atoms with E-state index in [9.17, 15) is 0 Å². The van der Waals surface area contributed by atoms with Gasteiger partial charge in [0.1, 0.15) is 0 Å². The normalized spacial score (nSPS) is 11.0. The lowest BCUT2D eigenvalue weighted by atomic mass is 10.1. The number of pyridine rings is 1. The molecule has 0 aliphatic heterocycles. The van der Waals surface area contributed by atoms with Crippen molar-refractivity contribution in [3.63, 3.8) is 0 Å². The van der Waals surface area contributed by atoms with E-state index in [1.54, 1.807) is 0 Å². The molecule has 0 aromatic carbocycles. The molecule has 0 saturated carbocycles. The first-order valence-electron chi connectivity index (χ1n) is 7.60. The molecule has 1 N–H and O–H groups in total. The Bertz CT molecular complexity index is 350. The van der Waals surface area contributed by atoms with E-state index in [0.29, 0.717) is 6.04 Å². The second-order valence-corrected chi connectivity index (χ2v) is 5.28. The van der Waals surface area contributed by atoms with Crippen molar-refractivity contribution < 1.29 is 0 Å². The summed E-state index contributed by atoms with van der Waals surface area (Å²) in [7, 11) is 0. The molecule has 1 aromatic heterocycles. The topological polar surface area (TPSA) is 28.2 Å². The third-order valence-electron chi connectivity index (χ3n) is 3.38. The Morgan fingerprint density at radius 1 is 1.26 bits per heavy atom. The highest BCUT2D eigenvalue weighted by Crippen LogP contribution is 2.22. The molecule has 0 amide bonds. The van der Waals surface area contributed by atoms with Crippen molar-refractivity contribution in [2.75, 3.05) is 18.0 Å². The molecule has 0 atom stereocenters. The van der Waals surface area contributed by atoms with E-state index >= 15 is 0 Å². The molecule has 1 heterocycles. The summed E-state index contributed by atoms with van der Waals surface area (Å²) < 4.78 is 0. The van der Waals surface area contributed by atoms with Crippen LogP contribution in [0.2, 0.25) is 0 Å². The van der Waals surface area contributed by atoms with E-state index in [0.717, 1.165) is 19.6 Å². The molecule has 0 saturated heterocycles. The molecule has 3 nitrogen and oxygen atoms in total. The standard InChI is InChI=1S/C16H29N3/c1-5-7-8-11-19(14(3)4)16-9-10-18-13-15(16)12-17-6-2/h9-10,13-14,17H,5-8,11-12H2,1-4H3. The molecule has 0 fully saturated rings. The van der Waals surface area contributed by atoms with Gasteiger partial charge < -0.3 is 10.2 Å². The molecule has 0 radical (unpaired) electrons. The fraction of sp³-hybridized carbons (Fsp3) is 0.688. The second kappa shape index (κ2) is 8.92. The van der Waals surface area contributed by atoms with Gasteiger partial charge in [0.15, 0.2) is 0 Å². The van der Waals surface area contributed by atoms with Crippen LogP contribution >= 0.6 is 0 Å². The number of rotatable bonds is 9. The van der Waals surface area contributed by atoms with Crippen LogP contribution in [0, 0.1) is 0 Å². The van der Waals surface area contributed by atoms with Crippen LogP contribution in [-0.2, 0) is 6.54 Å². The number of nitrogens with one attached hydrogen (secondary N) is 1. The zero-order chi connectivity index (χ0) is 14.1. The van der Waals surface area contributed by atoms with E-state index in [1.165, 1.54) is 30.5 Å². The number of hydrogen-bond acceptors (Lipinski definition) is 3. The van der Waals surface area contributed by atoms with E-state index in [2.05, 4.69) is 49.0 Å². The van der Waals surface area contributed by atoms with Gasteiger partial charge in [0.2, 0.25) is 0 Å². The van der Waals surface area contributed by atoms with Crippen molar-refractivity contribution in [3.8, 4) is 0 Å². The molecule has 0 bridgehead atoms. The summed E-state index contributed by atoms with van der Waals surface area (Å²) in [6, 6.07) is 2.68. The quantitative estimate of drug-likeness (QED) is 0.690. The monoisotopic (exact) mass is 263 g/mol. The molecule has 0 aliphatic carbocycles. The van der Waals surface area contributed by atoms with E-state index < -0.39 is 0 Å². The average Bonchev–Trinajstić information content (AvgIpc) is 2.41. The fourth-order valence-corrected chi connectivity index (χ4v) is 2.28. The molecule has 19 heavy (non-hydrogen) atoms. The summed E-state index contributed by atoms with van der Waals surface area (Å²) in [6.07, 6.45) is 7.73. The van der Waals surface area contributed by atoms with Gasteiger partial charge in [-0.1, -0.05) is 26.7 Å². The lowest BCUT2D eigenvalue weighted by Gasteiger charge is -2.31. The van der Waals surface area contributed by atoms with Crippen LogP contribution in [0.4, 0.5) is 5.69 Å². The minimum atomic E-state index is 0.527. The van der Waals surface area contributed by atoms with Gasteiger partial charge in [-0.25, -0.2) is 0 Å². The van der Waals surface area contributed by atoms with Gasteiger partial charge in [0.05, 0.1) is 0 Å². The van der Waals surface area contributed by atoms with Gasteiger partial charge in [-0.15, -0.1) is 0 Å². The maximum Gasteiger partial charge on any atom is 0.0445 e. The summed E-state index contributed by atoms with van der Waals surface area (Å²) in [5.74, 6) is 0. The SMILES string of the molecule is CCCCCN(c1ccncc1CNCC)C(C)C. The summed E-state index contributed by atoms with van der Waals surface area (Å²) in [5, 5.41) is 3.40. The van der Waals surface area contributed by atoms with Crippen LogP contribution in [-0.4, -0.2) is 24.1 Å². The molecule has 3 heteroatoms. The lowest BCUT2D eigenvalue weighted by Crippen LogP contribution is -2.33. The van der Waals surface area contributed by atoms with Gasteiger partial charge in [0.25, 0.3) is 0 Å². The number of nitrogens with zero attached hydrogens (tertiary/aromatic N) is 2. The van der Waals surface area contributed by atoms with Gasteiger partial charge in [0, 0.05) is 42.8 Å². The van der Waals surface area contributed by atoms with Crippen LogP contribution in [0.15, 0.2) is 18.5 Å². The predicted octanol–water partition coefficient (Wildman–Crippen LogP) is 3.60. The number of anilines is 1. The van der Waals surface area contributed by atoms with Crippen molar-refractivity contribution in [1.82, 2.24) is 10.3 Å². The Kier molecular flexibility index (Phi) is 7.49. The first kappa shape index (κ1) is 16.0. The van der Waals surface area contributed by atoms with Crippen molar-refractivity contribution in [1.29, 1.82) is 0 Å². The molecule has 1 rings (SSSR count). The molecule has 0 unspecified atom stereocenters. The first-order valence-corrected chi connectivity index (χ1v) is 7.60. The molecular weight excluding hydrogens is 234 g/mol. The van der Waals surface area contributed by atoms with Crippen molar-refractivity contribution in [2.24, 2.45) is 0 Å². The van der Waals surface area contributed by atoms with Gasteiger partial charge in [-0.05, 0) is 32.9 Å². The van der Waals surface area contributed by atoms with Gasteiger partial charge in [-0.3, -0.25) is 4.98 Å². The van der Waals surface area contributed by atoms with Crippen LogP contribution in [0.1, 0.15) is 52.5 Å². The Morgan fingerprint density at radius 3 is 2.68 bits per heavy atom. The highest BCUT2D eigenvalue weighted by atomic mass is 15.2. The molecule has 1 aromatic rings. The van der Waals surface area contributed by atoms with Gasteiger partial charge in [-0.2, -0.15) is 0 Å². The third kappa shape index (κ3) is 5.19. The Morgan fingerprint density at radius 2 is 2.05 bits per heavy atom. The Hall–Kier alpha value is -1.09. The van der Waals surface area contributed by atoms with Crippen LogP contribution < -0.4 is 10.2 Å². The largest absolute Gasteiger partial charge is 0.369 e. The number of unbranched alkanes of at least 4 members (excludes halogenated alkanes) is 2. The first-order chi connectivity index (χ1) is 9.20. The van der Waals surface area contributed by atoms with Crippen molar-refractivity contribution >= 4 is 5.69 Å². The fourth-order valence-electron chi connectivity index (χ4n) is 2.28. The zero-order valence-corrected chi connectivity index (χ0v) is 12.9. The molecular formula is C16H29N3. The summed E-state index contributed by atoms with van der Waals surface area (Å²) in [4.78, 5) is 6.77. The van der Waals surface area contributed by atoms with E-state index in [1.807, 2.05) is 12.4 Å².